The largest absolute Gasteiger partial charge is 0.506 e. The first kappa shape index (κ1) is 16.2. The summed E-state index contributed by atoms with van der Waals surface area (Å²) in [6, 6.07) is 3.45. The van der Waals surface area contributed by atoms with Gasteiger partial charge in [0, 0.05) is 16.1 Å². The molecule has 0 aliphatic heterocycles. The Balaban J connectivity index is 0.00000225. The monoisotopic (exact) mass is 371 g/mol. The smallest absolute Gasteiger partial charge is 0.135 e. The fraction of sp³-hybridized carbons (Fsp3) is 0.455. The first-order valence-corrected chi connectivity index (χ1v) is 6.26. The molecule has 1 aromatic carbocycles. The summed E-state index contributed by atoms with van der Waals surface area (Å²) in [6.45, 7) is 6.14. The highest BCUT2D eigenvalue weighted by Crippen LogP contribution is 2.42. The van der Waals surface area contributed by atoms with Crippen LogP contribution in [-0.2, 0) is 0 Å². The zero-order chi connectivity index (χ0) is 11.8. The van der Waals surface area contributed by atoms with Gasteiger partial charge < -0.3 is 10.8 Å². The van der Waals surface area contributed by atoms with E-state index in [2.05, 4.69) is 31.9 Å². The first-order valence-electron chi connectivity index (χ1n) is 4.67. The Bertz CT molecular complexity index is 377. The molecule has 1 rings (SSSR count). The van der Waals surface area contributed by atoms with Gasteiger partial charge in [0.25, 0.3) is 0 Å². The molecule has 92 valence electrons. The first-order chi connectivity index (χ1) is 6.75. The van der Waals surface area contributed by atoms with Gasteiger partial charge in [-0.05, 0) is 33.5 Å². The zero-order valence-electron chi connectivity index (χ0n) is 9.42. The maximum atomic E-state index is 9.96. The Labute approximate surface area is 119 Å². The standard InChI is InChI=1S/C11H15Br2NO.ClH/c1-11(2,3)10(14)8-6(12)4-5-7(13)9(8)15;/h4-5,10,15H,14H2,1-3H3;1H/t10-;/m0./s1. The summed E-state index contributed by atoms with van der Waals surface area (Å²) in [7, 11) is 0. The molecule has 0 saturated carbocycles. The van der Waals surface area contributed by atoms with Crippen molar-refractivity contribution in [1.29, 1.82) is 0 Å². The summed E-state index contributed by atoms with van der Waals surface area (Å²) in [4.78, 5) is 0. The van der Waals surface area contributed by atoms with Gasteiger partial charge in [0.15, 0.2) is 0 Å². The van der Waals surface area contributed by atoms with Gasteiger partial charge in [-0.3, -0.25) is 0 Å². The molecule has 0 bridgehead atoms. The highest BCUT2D eigenvalue weighted by molar-refractivity contribution is 9.11. The molecule has 2 nitrogen and oxygen atoms in total. The lowest BCUT2D eigenvalue weighted by Crippen LogP contribution is -2.26. The second-order valence-corrected chi connectivity index (χ2v) is 6.34. The van der Waals surface area contributed by atoms with E-state index in [0.29, 0.717) is 4.47 Å². The second kappa shape index (κ2) is 5.71. The molecule has 1 aromatic rings. The van der Waals surface area contributed by atoms with Gasteiger partial charge in [0.05, 0.1) is 4.47 Å². The minimum atomic E-state index is -0.218. The SMILES string of the molecule is CC(C)(C)[C@@H](N)c1c(Br)ccc(Br)c1O.Cl. The minimum Gasteiger partial charge on any atom is -0.506 e. The zero-order valence-corrected chi connectivity index (χ0v) is 13.4. The topological polar surface area (TPSA) is 46.2 Å². The van der Waals surface area contributed by atoms with Crippen molar-refractivity contribution in [3.63, 3.8) is 0 Å². The van der Waals surface area contributed by atoms with Crippen LogP contribution >= 0.6 is 44.3 Å². The van der Waals surface area contributed by atoms with E-state index < -0.39 is 0 Å². The number of rotatable bonds is 1. The van der Waals surface area contributed by atoms with Crippen LogP contribution in [0, 0.1) is 5.41 Å². The van der Waals surface area contributed by atoms with Crippen molar-refractivity contribution in [1.82, 2.24) is 0 Å². The van der Waals surface area contributed by atoms with E-state index in [4.69, 9.17) is 5.73 Å². The summed E-state index contributed by atoms with van der Waals surface area (Å²) in [5, 5.41) is 9.96. The number of aromatic hydroxyl groups is 1. The van der Waals surface area contributed by atoms with Crippen molar-refractivity contribution in [3.05, 3.63) is 26.6 Å². The van der Waals surface area contributed by atoms with Crippen LogP contribution in [0.1, 0.15) is 32.4 Å². The van der Waals surface area contributed by atoms with Crippen molar-refractivity contribution in [3.8, 4) is 5.75 Å². The number of phenolic OH excluding ortho intramolecular Hbond substituents is 1. The number of nitrogens with two attached hydrogens (primary N) is 1. The summed E-state index contributed by atoms with van der Waals surface area (Å²) in [6.07, 6.45) is 0. The van der Waals surface area contributed by atoms with Crippen molar-refractivity contribution in [2.24, 2.45) is 11.1 Å². The summed E-state index contributed by atoms with van der Waals surface area (Å²) in [5.41, 5.74) is 6.78. The van der Waals surface area contributed by atoms with Crippen LogP contribution in [0.4, 0.5) is 0 Å². The highest BCUT2D eigenvalue weighted by Gasteiger charge is 2.27. The van der Waals surface area contributed by atoms with E-state index in [1.54, 1.807) is 6.07 Å². The third-order valence-corrected chi connectivity index (χ3v) is 3.69. The van der Waals surface area contributed by atoms with E-state index in [0.717, 1.165) is 10.0 Å². The van der Waals surface area contributed by atoms with Crippen molar-refractivity contribution in [2.45, 2.75) is 26.8 Å². The predicted molar refractivity (Wildman–Crippen MR) is 77.1 cm³/mol. The fourth-order valence-electron chi connectivity index (χ4n) is 1.29. The second-order valence-electron chi connectivity index (χ2n) is 4.64. The molecule has 0 unspecified atom stereocenters. The Morgan fingerprint density at radius 1 is 1.19 bits per heavy atom. The normalized spacial score (nSPS) is 13.1. The number of benzene rings is 1. The molecule has 3 N–H and O–H groups in total. The number of hydrogen-bond donors (Lipinski definition) is 2. The Morgan fingerprint density at radius 2 is 1.62 bits per heavy atom. The van der Waals surface area contributed by atoms with Crippen LogP contribution in [0.15, 0.2) is 21.1 Å². The van der Waals surface area contributed by atoms with Crippen LogP contribution < -0.4 is 5.73 Å². The molecule has 1 atom stereocenters. The van der Waals surface area contributed by atoms with Gasteiger partial charge in [0.1, 0.15) is 5.75 Å². The van der Waals surface area contributed by atoms with Crippen LogP contribution in [0.5, 0.6) is 5.75 Å². The molecule has 5 heteroatoms. The van der Waals surface area contributed by atoms with Crippen LogP contribution in [0.25, 0.3) is 0 Å². The molecule has 0 fully saturated rings. The molecule has 0 saturated heterocycles. The molecule has 0 aromatic heterocycles. The maximum absolute atomic E-state index is 9.96. The number of halogens is 3. The van der Waals surface area contributed by atoms with Gasteiger partial charge in [0.2, 0.25) is 0 Å². The van der Waals surface area contributed by atoms with Crippen molar-refractivity contribution in [2.75, 3.05) is 0 Å². The maximum Gasteiger partial charge on any atom is 0.135 e. The molecular weight excluding hydrogens is 357 g/mol. The van der Waals surface area contributed by atoms with Crippen molar-refractivity contribution < 1.29 is 5.11 Å². The van der Waals surface area contributed by atoms with Crippen LogP contribution in [0.3, 0.4) is 0 Å². The van der Waals surface area contributed by atoms with E-state index >= 15 is 0 Å². The molecule has 16 heavy (non-hydrogen) atoms. The summed E-state index contributed by atoms with van der Waals surface area (Å²) >= 11 is 6.70. The average Bonchev–Trinajstić information content (AvgIpc) is 2.10. The quantitative estimate of drug-likeness (QED) is 0.767. The van der Waals surface area contributed by atoms with Gasteiger partial charge in [-0.1, -0.05) is 36.7 Å². The fourth-order valence-corrected chi connectivity index (χ4v) is 2.20. The molecule has 0 radical (unpaired) electrons. The average molecular weight is 374 g/mol. The Morgan fingerprint density at radius 3 is 2.06 bits per heavy atom. The molecule has 0 aliphatic carbocycles. The van der Waals surface area contributed by atoms with Crippen LogP contribution in [-0.4, -0.2) is 5.11 Å². The summed E-state index contributed by atoms with van der Waals surface area (Å²) < 4.78 is 1.51. The van der Waals surface area contributed by atoms with Gasteiger partial charge in [-0.25, -0.2) is 0 Å². The lowest BCUT2D eigenvalue weighted by Gasteiger charge is -2.29. The third-order valence-electron chi connectivity index (χ3n) is 2.36. The van der Waals surface area contributed by atoms with Gasteiger partial charge in [-0.2, -0.15) is 0 Å². The number of phenols is 1. The van der Waals surface area contributed by atoms with Gasteiger partial charge in [-0.15, -0.1) is 12.4 Å². The van der Waals surface area contributed by atoms with E-state index in [1.165, 1.54) is 0 Å². The van der Waals surface area contributed by atoms with Crippen molar-refractivity contribution >= 4 is 44.3 Å². The minimum absolute atomic E-state index is 0. The highest BCUT2D eigenvalue weighted by atomic mass is 79.9. The van der Waals surface area contributed by atoms with Crippen LogP contribution in [0.2, 0.25) is 0 Å². The molecular formula is C11H16Br2ClNO. The van der Waals surface area contributed by atoms with E-state index in [9.17, 15) is 5.11 Å². The molecule has 0 heterocycles. The molecule has 0 amide bonds. The third kappa shape index (κ3) is 3.36. The molecule has 0 spiro atoms. The van der Waals surface area contributed by atoms with E-state index in [1.807, 2.05) is 26.8 Å². The number of hydrogen-bond acceptors (Lipinski definition) is 2. The van der Waals surface area contributed by atoms with E-state index in [-0.39, 0.29) is 29.6 Å². The Kier molecular flexibility index (Phi) is 5.80. The Hall–Kier alpha value is 0.230. The molecule has 0 aliphatic rings. The lowest BCUT2D eigenvalue weighted by molar-refractivity contribution is 0.316. The lowest BCUT2D eigenvalue weighted by atomic mass is 9.83. The van der Waals surface area contributed by atoms with Gasteiger partial charge >= 0.3 is 0 Å². The summed E-state index contributed by atoms with van der Waals surface area (Å²) in [5.74, 6) is 0.215. The predicted octanol–water partition coefficient (Wildman–Crippen LogP) is 4.38.